The Balaban J connectivity index is 2.64. The van der Waals surface area contributed by atoms with E-state index in [1.165, 1.54) is 0 Å². The summed E-state index contributed by atoms with van der Waals surface area (Å²) in [6.45, 7) is 12.7. The summed E-state index contributed by atoms with van der Waals surface area (Å²) in [5, 5.41) is 19.2. The SMILES string of the molecule is CCNC(=NCc1nc(C(C)C)cs1)NCC(C)(CC)CO. The molecule has 1 rings (SSSR count). The van der Waals surface area contributed by atoms with Crippen LogP contribution in [0, 0.1) is 5.41 Å². The molecule has 0 aliphatic heterocycles. The lowest BCUT2D eigenvalue weighted by Gasteiger charge is -2.26. The Hall–Kier alpha value is -1.14. The van der Waals surface area contributed by atoms with Gasteiger partial charge in [-0.05, 0) is 19.3 Å². The zero-order valence-electron chi connectivity index (χ0n) is 14.4. The Labute approximate surface area is 138 Å². The molecule has 0 radical (unpaired) electrons. The van der Waals surface area contributed by atoms with Crippen molar-refractivity contribution in [3.05, 3.63) is 16.1 Å². The molecule has 126 valence electrons. The molecule has 0 fully saturated rings. The third-order valence-corrected chi connectivity index (χ3v) is 4.65. The summed E-state index contributed by atoms with van der Waals surface area (Å²) < 4.78 is 0. The fourth-order valence-electron chi connectivity index (χ4n) is 1.74. The zero-order chi connectivity index (χ0) is 16.6. The lowest BCUT2D eigenvalue weighted by molar-refractivity contribution is 0.140. The molecule has 0 spiro atoms. The summed E-state index contributed by atoms with van der Waals surface area (Å²) in [7, 11) is 0. The molecule has 1 heterocycles. The van der Waals surface area contributed by atoms with Crippen LogP contribution in [0.3, 0.4) is 0 Å². The van der Waals surface area contributed by atoms with E-state index in [4.69, 9.17) is 0 Å². The predicted octanol–water partition coefficient (Wildman–Crippen LogP) is 2.73. The molecule has 0 aromatic carbocycles. The smallest absolute Gasteiger partial charge is 0.191 e. The molecule has 0 aliphatic rings. The van der Waals surface area contributed by atoms with Gasteiger partial charge in [0, 0.05) is 23.9 Å². The average molecular weight is 327 g/mol. The highest BCUT2D eigenvalue weighted by Gasteiger charge is 2.21. The number of aliphatic hydroxyl groups excluding tert-OH is 1. The molecule has 1 unspecified atom stereocenters. The lowest BCUT2D eigenvalue weighted by atomic mass is 9.89. The Morgan fingerprint density at radius 3 is 2.64 bits per heavy atom. The van der Waals surface area contributed by atoms with Gasteiger partial charge in [-0.3, -0.25) is 0 Å². The Bertz CT molecular complexity index is 466. The number of rotatable bonds is 8. The number of aliphatic hydroxyl groups is 1. The van der Waals surface area contributed by atoms with E-state index in [0.29, 0.717) is 19.0 Å². The molecule has 0 saturated carbocycles. The molecular formula is C16H30N4OS. The van der Waals surface area contributed by atoms with Crippen molar-refractivity contribution in [1.29, 1.82) is 0 Å². The largest absolute Gasteiger partial charge is 0.396 e. The summed E-state index contributed by atoms with van der Waals surface area (Å²) >= 11 is 1.66. The summed E-state index contributed by atoms with van der Waals surface area (Å²) in [4.78, 5) is 9.19. The predicted molar refractivity (Wildman–Crippen MR) is 94.5 cm³/mol. The maximum absolute atomic E-state index is 9.48. The Kier molecular flexibility index (Phi) is 7.82. The molecule has 5 nitrogen and oxygen atoms in total. The first-order valence-corrected chi connectivity index (χ1v) is 8.89. The van der Waals surface area contributed by atoms with Crippen LogP contribution in [0.4, 0.5) is 0 Å². The molecule has 1 aromatic rings. The van der Waals surface area contributed by atoms with E-state index in [2.05, 4.69) is 53.7 Å². The molecule has 3 N–H and O–H groups in total. The molecule has 0 saturated heterocycles. The minimum absolute atomic E-state index is 0.123. The first-order valence-electron chi connectivity index (χ1n) is 8.01. The zero-order valence-corrected chi connectivity index (χ0v) is 15.3. The monoisotopic (exact) mass is 326 g/mol. The first kappa shape index (κ1) is 18.9. The van der Waals surface area contributed by atoms with Gasteiger partial charge in [-0.2, -0.15) is 0 Å². The topological polar surface area (TPSA) is 69.5 Å². The minimum Gasteiger partial charge on any atom is -0.396 e. The number of aromatic nitrogens is 1. The third kappa shape index (κ3) is 5.93. The van der Waals surface area contributed by atoms with Crippen molar-refractivity contribution in [2.24, 2.45) is 10.4 Å². The Morgan fingerprint density at radius 1 is 1.41 bits per heavy atom. The number of hydrogen-bond acceptors (Lipinski definition) is 4. The number of guanidine groups is 1. The molecule has 0 aliphatic carbocycles. The van der Waals surface area contributed by atoms with Gasteiger partial charge < -0.3 is 15.7 Å². The van der Waals surface area contributed by atoms with Gasteiger partial charge in [-0.1, -0.05) is 27.7 Å². The fourth-order valence-corrected chi connectivity index (χ4v) is 2.62. The molecule has 0 amide bonds. The first-order chi connectivity index (χ1) is 10.4. The van der Waals surface area contributed by atoms with Crippen molar-refractivity contribution in [1.82, 2.24) is 15.6 Å². The number of hydrogen-bond donors (Lipinski definition) is 3. The van der Waals surface area contributed by atoms with E-state index < -0.39 is 0 Å². The van der Waals surface area contributed by atoms with Gasteiger partial charge in [-0.25, -0.2) is 9.98 Å². The van der Waals surface area contributed by atoms with E-state index in [1.807, 2.05) is 6.92 Å². The van der Waals surface area contributed by atoms with Crippen molar-refractivity contribution in [2.45, 2.75) is 53.5 Å². The lowest BCUT2D eigenvalue weighted by Crippen LogP contribution is -2.43. The average Bonchev–Trinajstić information content (AvgIpc) is 2.99. The van der Waals surface area contributed by atoms with Gasteiger partial charge >= 0.3 is 0 Å². The second-order valence-corrected chi connectivity index (χ2v) is 7.13. The van der Waals surface area contributed by atoms with Crippen LogP contribution in [0.25, 0.3) is 0 Å². The quantitative estimate of drug-likeness (QED) is 0.507. The summed E-state index contributed by atoms with van der Waals surface area (Å²) in [5.41, 5.74) is 1.01. The van der Waals surface area contributed by atoms with Gasteiger partial charge in [0.15, 0.2) is 5.96 Å². The van der Waals surface area contributed by atoms with E-state index in [1.54, 1.807) is 11.3 Å². The van der Waals surface area contributed by atoms with Crippen molar-refractivity contribution in [3.63, 3.8) is 0 Å². The van der Waals surface area contributed by atoms with Crippen molar-refractivity contribution < 1.29 is 5.11 Å². The van der Waals surface area contributed by atoms with Gasteiger partial charge in [0.25, 0.3) is 0 Å². The van der Waals surface area contributed by atoms with Gasteiger partial charge in [-0.15, -0.1) is 11.3 Å². The van der Waals surface area contributed by atoms with Gasteiger partial charge in [0.05, 0.1) is 18.8 Å². The normalized spacial score (nSPS) is 15.0. The number of nitrogens with zero attached hydrogens (tertiary/aromatic N) is 2. The Morgan fingerprint density at radius 2 is 2.14 bits per heavy atom. The number of aliphatic imine (C=N–C) groups is 1. The highest BCUT2D eigenvalue weighted by Crippen LogP contribution is 2.19. The number of thiazole rings is 1. The molecule has 1 aromatic heterocycles. The third-order valence-electron chi connectivity index (χ3n) is 3.80. The van der Waals surface area contributed by atoms with Crippen LogP contribution in [-0.4, -0.2) is 35.7 Å². The van der Waals surface area contributed by atoms with Crippen LogP contribution in [-0.2, 0) is 6.54 Å². The molecule has 22 heavy (non-hydrogen) atoms. The summed E-state index contributed by atoms with van der Waals surface area (Å²) in [6, 6.07) is 0. The van der Waals surface area contributed by atoms with Gasteiger partial charge in [0.2, 0.25) is 0 Å². The van der Waals surface area contributed by atoms with Crippen molar-refractivity contribution in [3.8, 4) is 0 Å². The van der Waals surface area contributed by atoms with Crippen LogP contribution in [0.15, 0.2) is 10.4 Å². The molecule has 0 bridgehead atoms. The van der Waals surface area contributed by atoms with Crippen molar-refractivity contribution in [2.75, 3.05) is 19.7 Å². The summed E-state index contributed by atoms with van der Waals surface area (Å²) in [5.74, 6) is 1.23. The van der Waals surface area contributed by atoms with Gasteiger partial charge in [0.1, 0.15) is 5.01 Å². The van der Waals surface area contributed by atoms with E-state index in [9.17, 15) is 5.11 Å². The maximum Gasteiger partial charge on any atom is 0.191 e. The highest BCUT2D eigenvalue weighted by molar-refractivity contribution is 7.09. The molecule has 6 heteroatoms. The van der Waals surface area contributed by atoms with E-state index in [0.717, 1.165) is 29.6 Å². The van der Waals surface area contributed by atoms with E-state index in [-0.39, 0.29) is 12.0 Å². The standard InChI is InChI=1S/C16H30N4OS/c1-6-16(5,11-21)10-19-15(17-7-2)18-8-14-20-13(9-22-14)12(3)4/h9,12,21H,6-8,10-11H2,1-5H3,(H2,17,18,19). The van der Waals surface area contributed by atoms with Crippen LogP contribution < -0.4 is 10.6 Å². The molecule has 1 atom stereocenters. The minimum atomic E-state index is -0.123. The van der Waals surface area contributed by atoms with E-state index >= 15 is 0 Å². The fraction of sp³-hybridized carbons (Fsp3) is 0.750. The van der Waals surface area contributed by atoms with Crippen molar-refractivity contribution >= 4 is 17.3 Å². The van der Waals surface area contributed by atoms with Crippen LogP contribution in [0.1, 0.15) is 57.7 Å². The maximum atomic E-state index is 9.48. The number of nitrogens with one attached hydrogen (secondary N) is 2. The second-order valence-electron chi connectivity index (χ2n) is 6.19. The molecular weight excluding hydrogens is 296 g/mol. The van der Waals surface area contributed by atoms with Crippen LogP contribution >= 0.6 is 11.3 Å². The van der Waals surface area contributed by atoms with Crippen LogP contribution in [0.5, 0.6) is 0 Å². The highest BCUT2D eigenvalue weighted by atomic mass is 32.1. The summed E-state index contributed by atoms with van der Waals surface area (Å²) in [6.07, 6.45) is 0.917. The van der Waals surface area contributed by atoms with Crippen LogP contribution in [0.2, 0.25) is 0 Å². The second kappa shape index (κ2) is 9.10.